The Morgan fingerprint density at radius 3 is 2.46 bits per heavy atom. The molecule has 0 aliphatic carbocycles. The number of ether oxygens (including phenoxy) is 2. The first kappa shape index (κ1) is 19.3. The van der Waals surface area contributed by atoms with E-state index in [1.807, 2.05) is 0 Å². The van der Waals surface area contributed by atoms with E-state index in [1.54, 1.807) is 26.8 Å². The molecule has 8 nitrogen and oxygen atoms in total. The molecule has 0 aliphatic rings. The normalized spacial score (nSPS) is 11.1. The Morgan fingerprint density at radius 2 is 1.88 bits per heavy atom. The van der Waals surface area contributed by atoms with E-state index in [-0.39, 0.29) is 29.2 Å². The van der Waals surface area contributed by atoms with E-state index < -0.39 is 23.4 Å². The van der Waals surface area contributed by atoms with E-state index in [9.17, 15) is 19.8 Å². The van der Waals surface area contributed by atoms with Crippen LogP contribution < -0.4 is 5.32 Å². The van der Waals surface area contributed by atoms with E-state index in [1.165, 1.54) is 18.4 Å². The number of amides is 1. The highest BCUT2D eigenvalue weighted by molar-refractivity contribution is 6.04. The van der Waals surface area contributed by atoms with E-state index in [0.717, 1.165) is 7.11 Å². The van der Waals surface area contributed by atoms with E-state index in [4.69, 9.17) is 13.9 Å². The Bertz CT molecular complexity index is 817. The van der Waals surface area contributed by atoms with Gasteiger partial charge in [-0.05, 0) is 39.0 Å². The molecular formula is C18H21NO7. The smallest absolute Gasteiger partial charge is 0.412 e. The average Bonchev–Trinajstić information content (AvgIpc) is 3.01. The molecule has 0 aliphatic heterocycles. The number of anilines is 1. The maximum absolute atomic E-state index is 12.2. The summed E-state index contributed by atoms with van der Waals surface area (Å²) in [5.41, 5.74) is -0.274. The second-order valence-electron chi connectivity index (χ2n) is 6.42. The lowest BCUT2D eigenvalue weighted by Crippen LogP contribution is -2.27. The van der Waals surface area contributed by atoms with Crippen LogP contribution >= 0.6 is 0 Å². The molecule has 0 saturated heterocycles. The zero-order chi connectivity index (χ0) is 19.5. The molecule has 2 aromatic rings. The molecule has 1 aromatic carbocycles. The number of aliphatic hydroxyl groups excluding tert-OH is 1. The van der Waals surface area contributed by atoms with E-state index >= 15 is 0 Å². The molecule has 3 N–H and O–H groups in total. The lowest BCUT2D eigenvalue weighted by molar-refractivity contribution is 0.0598. The molecule has 1 heterocycles. The zero-order valence-electron chi connectivity index (χ0n) is 15.0. The van der Waals surface area contributed by atoms with Gasteiger partial charge in [-0.25, -0.2) is 9.59 Å². The van der Waals surface area contributed by atoms with Gasteiger partial charge >= 0.3 is 12.1 Å². The van der Waals surface area contributed by atoms with E-state index in [2.05, 4.69) is 5.32 Å². The number of hydrogen-bond donors (Lipinski definition) is 3. The summed E-state index contributed by atoms with van der Waals surface area (Å²) in [5, 5.41) is 22.3. The molecule has 26 heavy (non-hydrogen) atoms. The third-order valence-electron chi connectivity index (χ3n) is 3.38. The molecule has 8 heteroatoms. The first-order valence-corrected chi connectivity index (χ1v) is 7.79. The monoisotopic (exact) mass is 363 g/mol. The largest absolute Gasteiger partial charge is 0.506 e. The number of hydrogen-bond acceptors (Lipinski definition) is 7. The summed E-state index contributed by atoms with van der Waals surface area (Å²) in [4.78, 5) is 24.2. The fraction of sp³-hybridized carbons (Fsp3) is 0.333. The van der Waals surface area contributed by atoms with Gasteiger partial charge in [0.2, 0.25) is 0 Å². The number of rotatable bonds is 4. The summed E-state index contributed by atoms with van der Waals surface area (Å²) >= 11 is 0. The lowest BCUT2D eigenvalue weighted by Gasteiger charge is -2.20. The van der Waals surface area contributed by atoms with Crippen molar-refractivity contribution in [1.29, 1.82) is 0 Å². The first-order valence-electron chi connectivity index (χ1n) is 7.79. The van der Waals surface area contributed by atoms with Gasteiger partial charge in [-0.15, -0.1) is 0 Å². The van der Waals surface area contributed by atoms with Crippen molar-refractivity contribution in [3.63, 3.8) is 0 Å². The van der Waals surface area contributed by atoms with Gasteiger partial charge in [0.05, 0.1) is 19.1 Å². The minimum absolute atomic E-state index is 0.0291. The number of nitrogens with one attached hydrogen (secondary N) is 1. The molecule has 0 fully saturated rings. The van der Waals surface area contributed by atoms with Gasteiger partial charge in [-0.3, -0.25) is 5.32 Å². The molecule has 2 rings (SSSR count). The van der Waals surface area contributed by atoms with Crippen LogP contribution in [0.3, 0.4) is 0 Å². The Balaban J connectivity index is 2.49. The van der Waals surface area contributed by atoms with Gasteiger partial charge in [0.15, 0.2) is 0 Å². The number of phenols is 1. The quantitative estimate of drug-likeness (QED) is 0.713. The van der Waals surface area contributed by atoms with Crippen LogP contribution in [0.5, 0.6) is 5.75 Å². The van der Waals surface area contributed by atoms with Crippen molar-refractivity contribution >= 4 is 17.7 Å². The SMILES string of the molecule is COC(=O)c1c(NC(=O)OC(C)(C)C)ccc(-c2ccoc2CO)c1O. The van der Waals surface area contributed by atoms with E-state index in [0.29, 0.717) is 5.56 Å². The van der Waals surface area contributed by atoms with Gasteiger partial charge < -0.3 is 24.1 Å². The molecule has 0 atom stereocenters. The molecule has 0 unspecified atom stereocenters. The minimum Gasteiger partial charge on any atom is -0.506 e. The molecule has 0 bridgehead atoms. The highest BCUT2D eigenvalue weighted by atomic mass is 16.6. The van der Waals surface area contributed by atoms with Gasteiger partial charge in [-0.1, -0.05) is 0 Å². The van der Waals surface area contributed by atoms with Crippen LogP contribution in [0.1, 0.15) is 36.9 Å². The van der Waals surface area contributed by atoms with Gasteiger partial charge in [0.1, 0.15) is 29.3 Å². The number of phenolic OH excluding ortho intramolecular Hbond substituents is 1. The fourth-order valence-corrected chi connectivity index (χ4v) is 2.34. The Kier molecular flexibility index (Phi) is 5.56. The number of carbonyl (C=O) groups is 2. The second-order valence-corrected chi connectivity index (χ2v) is 6.42. The molecular weight excluding hydrogens is 342 g/mol. The van der Waals surface area contributed by atoms with Crippen LogP contribution in [0.4, 0.5) is 10.5 Å². The van der Waals surface area contributed by atoms with Crippen molar-refractivity contribution in [2.24, 2.45) is 0 Å². The number of benzene rings is 1. The fourth-order valence-electron chi connectivity index (χ4n) is 2.34. The van der Waals surface area contributed by atoms with Crippen LogP contribution in [-0.2, 0) is 16.1 Å². The predicted molar refractivity (Wildman–Crippen MR) is 92.9 cm³/mol. The molecule has 0 radical (unpaired) electrons. The third kappa shape index (κ3) is 4.15. The number of aliphatic hydroxyl groups is 1. The Morgan fingerprint density at radius 1 is 1.19 bits per heavy atom. The standard InChI is InChI=1S/C18H21NO7/c1-18(2,3)26-17(23)19-12-6-5-11(10-7-8-25-13(10)9-20)15(21)14(12)16(22)24-4/h5-8,20-21H,9H2,1-4H3,(H,19,23). The minimum atomic E-state index is -0.843. The summed E-state index contributed by atoms with van der Waals surface area (Å²) in [6.45, 7) is 4.71. The Hall–Kier alpha value is -3.00. The summed E-state index contributed by atoms with van der Waals surface area (Å²) in [7, 11) is 1.16. The molecule has 0 spiro atoms. The maximum atomic E-state index is 12.2. The van der Waals surface area contributed by atoms with Gasteiger partial charge in [0, 0.05) is 11.1 Å². The Labute approximate surface area is 150 Å². The summed E-state index contributed by atoms with van der Waals surface area (Å²) in [6.07, 6.45) is 0.569. The van der Waals surface area contributed by atoms with Crippen LogP contribution in [0, 0.1) is 0 Å². The number of methoxy groups -OCH3 is 1. The highest BCUT2D eigenvalue weighted by Gasteiger charge is 2.25. The summed E-state index contributed by atoms with van der Waals surface area (Å²) in [5.74, 6) is -1.03. The number of esters is 1. The van der Waals surface area contributed by atoms with Crippen molar-refractivity contribution in [3.8, 4) is 16.9 Å². The van der Waals surface area contributed by atoms with Crippen molar-refractivity contribution in [2.45, 2.75) is 33.0 Å². The number of furan rings is 1. The van der Waals surface area contributed by atoms with Crippen LogP contribution in [0.15, 0.2) is 28.9 Å². The maximum Gasteiger partial charge on any atom is 0.412 e. The second kappa shape index (κ2) is 7.49. The topological polar surface area (TPSA) is 118 Å². The predicted octanol–water partition coefficient (Wildman–Crippen LogP) is 3.28. The van der Waals surface area contributed by atoms with Crippen LogP contribution in [0.25, 0.3) is 11.1 Å². The highest BCUT2D eigenvalue weighted by Crippen LogP contribution is 2.39. The van der Waals surface area contributed by atoms with Crippen molar-refractivity contribution < 1.29 is 33.7 Å². The first-order chi connectivity index (χ1) is 12.2. The van der Waals surface area contributed by atoms with Crippen LogP contribution in [-0.4, -0.2) is 35.0 Å². The third-order valence-corrected chi connectivity index (χ3v) is 3.38. The molecule has 140 valence electrons. The average molecular weight is 363 g/mol. The van der Waals surface area contributed by atoms with Crippen molar-refractivity contribution in [2.75, 3.05) is 12.4 Å². The van der Waals surface area contributed by atoms with Crippen LogP contribution in [0.2, 0.25) is 0 Å². The molecule has 1 aromatic heterocycles. The van der Waals surface area contributed by atoms with Crippen molar-refractivity contribution in [3.05, 3.63) is 35.8 Å². The summed E-state index contributed by atoms with van der Waals surface area (Å²) < 4.78 is 15.0. The number of aromatic hydroxyl groups is 1. The molecule has 0 saturated carbocycles. The zero-order valence-corrected chi connectivity index (χ0v) is 15.0. The van der Waals surface area contributed by atoms with Gasteiger partial charge in [0.25, 0.3) is 0 Å². The van der Waals surface area contributed by atoms with Crippen molar-refractivity contribution in [1.82, 2.24) is 0 Å². The lowest BCUT2D eigenvalue weighted by atomic mass is 10.00. The summed E-state index contributed by atoms with van der Waals surface area (Å²) in [6, 6.07) is 4.46. The molecule has 1 amide bonds. The van der Waals surface area contributed by atoms with Gasteiger partial charge in [-0.2, -0.15) is 0 Å². The number of carbonyl (C=O) groups excluding carboxylic acids is 2.